The summed E-state index contributed by atoms with van der Waals surface area (Å²) in [5.41, 5.74) is 7.31. The van der Waals surface area contributed by atoms with Gasteiger partial charge in [0, 0.05) is 29.8 Å². The molecule has 2 N–H and O–H groups in total. The second-order valence-electron chi connectivity index (χ2n) is 4.48. The van der Waals surface area contributed by atoms with Gasteiger partial charge in [0.25, 0.3) is 0 Å². The van der Waals surface area contributed by atoms with Crippen molar-refractivity contribution >= 4 is 17.4 Å². The molecule has 1 fully saturated rings. The molecule has 2 unspecified atom stereocenters. The lowest BCUT2D eigenvalue weighted by molar-refractivity contribution is -0.117. The van der Waals surface area contributed by atoms with Gasteiger partial charge in [-0.15, -0.1) is 0 Å². The molecule has 0 bridgehead atoms. The number of carbonyl (C=O) groups excluding carboxylic acids is 2. The summed E-state index contributed by atoms with van der Waals surface area (Å²) >= 11 is 0. The van der Waals surface area contributed by atoms with Crippen LogP contribution in [-0.4, -0.2) is 23.8 Å². The first-order valence-electron chi connectivity index (χ1n) is 5.69. The van der Waals surface area contributed by atoms with Crippen molar-refractivity contribution < 1.29 is 9.59 Å². The van der Waals surface area contributed by atoms with Crippen LogP contribution in [-0.2, 0) is 4.79 Å². The Hall–Kier alpha value is -1.68. The van der Waals surface area contributed by atoms with Crippen molar-refractivity contribution in [3.8, 4) is 0 Å². The van der Waals surface area contributed by atoms with Gasteiger partial charge >= 0.3 is 0 Å². The Labute approximate surface area is 100 Å². The Bertz CT molecular complexity index is 453. The van der Waals surface area contributed by atoms with Crippen LogP contribution in [0.4, 0.5) is 5.69 Å². The van der Waals surface area contributed by atoms with Crippen molar-refractivity contribution in [1.82, 2.24) is 0 Å². The van der Waals surface area contributed by atoms with Crippen molar-refractivity contribution in [2.24, 2.45) is 5.73 Å². The number of anilines is 1. The second-order valence-corrected chi connectivity index (χ2v) is 4.48. The zero-order chi connectivity index (χ0) is 12.6. The van der Waals surface area contributed by atoms with Crippen LogP contribution in [0.5, 0.6) is 0 Å². The van der Waals surface area contributed by atoms with E-state index < -0.39 is 0 Å². The summed E-state index contributed by atoms with van der Waals surface area (Å²) in [6.07, 6.45) is 0.385. The fourth-order valence-corrected chi connectivity index (χ4v) is 2.13. The van der Waals surface area contributed by atoms with E-state index in [0.29, 0.717) is 12.0 Å². The van der Waals surface area contributed by atoms with Crippen molar-refractivity contribution in [2.45, 2.75) is 32.4 Å². The van der Waals surface area contributed by atoms with Gasteiger partial charge in [0.1, 0.15) is 0 Å². The molecule has 0 aromatic heterocycles. The molecule has 1 aromatic rings. The van der Waals surface area contributed by atoms with Crippen LogP contribution in [0.3, 0.4) is 0 Å². The largest absolute Gasteiger partial charge is 0.325 e. The topological polar surface area (TPSA) is 63.4 Å². The van der Waals surface area contributed by atoms with Crippen molar-refractivity contribution in [2.75, 3.05) is 4.90 Å². The van der Waals surface area contributed by atoms with Crippen molar-refractivity contribution in [3.63, 3.8) is 0 Å². The van der Waals surface area contributed by atoms with E-state index in [1.54, 1.807) is 29.2 Å². The lowest BCUT2D eigenvalue weighted by atomic mass is 10.1. The highest BCUT2D eigenvalue weighted by molar-refractivity contribution is 5.98. The van der Waals surface area contributed by atoms with E-state index in [1.165, 1.54) is 6.92 Å². The molecule has 0 radical (unpaired) electrons. The minimum atomic E-state index is -0.116. The van der Waals surface area contributed by atoms with Crippen molar-refractivity contribution in [3.05, 3.63) is 29.8 Å². The number of hydrogen-bond donors (Lipinski definition) is 1. The predicted octanol–water partition coefficient (Wildman–Crippen LogP) is 1.34. The highest BCUT2D eigenvalue weighted by atomic mass is 16.2. The standard InChI is InChI=1S/C13H16N2O2/c1-8-12(14)7-13(17)15(8)11-5-3-10(4-6-11)9(2)16/h3-6,8,12H,7,14H2,1-2H3. The summed E-state index contributed by atoms with van der Waals surface area (Å²) in [5.74, 6) is 0.0645. The fraction of sp³-hybridized carbons (Fsp3) is 0.385. The average Bonchev–Trinajstić information content (AvgIpc) is 2.53. The van der Waals surface area contributed by atoms with Gasteiger partial charge in [0.15, 0.2) is 5.78 Å². The lowest BCUT2D eigenvalue weighted by Crippen LogP contribution is -2.37. The minimum absolute atomic E-state index is 0.00526. The fourth-order valence-electron chi connectivity index (χ4n) is 2.13. The zero-order valence-corrected chi connectivity index (χ0v) is 10.0. The Morgan fingerprint density at radius 2 is 1.94 bits per heavy atom. The van der Waals surface area contributed by atoms with Crippen molar-refractivity contribution in [1.29, 1.82) is 0 Å². The van der Waals surface area contributed by atoms with E-state index >= 15 is 0 Å². The molecule has 2 rings (SSSR count). The van der Waals surface area contributed by atoms with Crippen LogP contribution < -0.4 is 10.6 Å². The predicted molar refractivity (Wildman–Crippen MR) is 66.0 cm³/mol. The smallest absolute Gasteiger partial charge is 0.228 e. The van der Waals surface area contributed by atoms with E-state index in [-0.39, 0.29) is 23.8 Å². The lowest BCUT2D eigenvalue weighted by Gasteiger charge is -2.23. The molecular weight excluding hydrogens is 216 g/mol. The highest BCUT2D eigenvalue weighted by Crippen LogP contribution is 2.26. The Kier molecular flexibility index (Phi) is 2.98. The SMILES string of the molecule is CC(=O)c1ccc(N2C(=O)CC(N)C2C)cc1. The normalized spacial score (nSPS) is 24.2. The summed E-state index contributed by atoms with van der Waals surface area (Å²) in [6, 6.07) is 6.95. The third kappa shape index (κ3) is 2.08. The van der Waals surface area contributed by atoms with Crippen LogP contribution >= 0.6 is 0 Å². The maximum absolute atomic E-state index is 11.8. The van der Waals surface area contributed by atoms with Gasteiger partial charge in [0.05, 0.1) is 0 Å². The van der Waals surface area contributed by atoms with E-state index in [1.807, 2.05) is 6.92 Å². The van der Waals surface area contributed by atoms with Gasteiger partial charge < -0.3 is 10.6 Å². The molecule has 0 saturated carbocycles. The molecule has 0 aliphatic carbocycles. The van der Waals surface area contributed by atoms with E-state index in [0.717, 1.165) is 5.69 Å². The Morgan fingerprint density at radius 3 is 2.35 bits per heavy atom. The highest BCUT2D eigenvalue weighted by Gasteiger charge is 2.35. The molecule has 1 aliphatic rings. The second kappa shape index (κ2) is 4.30. The molecule has 17 heavy (non-hydrogen) atoms. The number of nitrogens with zero attached hydrogens (tertiary/aromatic N) is 1. The molecular formula is C13H16N2O2. The Balaban J connectivity index is 2.28. The molecule has 1 aliphatic heterocycles. The maximum atomic E-state index is 11.8. The molecule has 0 spiro atoms. The average molecular weight is 232 g/mol. The van der Waals surface area contributed by atoms with Gasteiger partial charge in [-0.2, -0.15) is 0 Å². The molecule has 1 saturated heterocycles. The first-order chi connectivity index (χ1) is 8.00. The van der Waals surface area contributed by atoms with Crippen LogP contribution in [0.15, 0.2) is 24.3 Å². The van der Waals surface area contributed by atoms with Crippen LogP contribution in [0, 0.1) is 0 Å². The summed E-state index contributed by atoms with van der Waals surface area (Å²) < 4.78 is 0. The summed E-state index contributed by atoms with van der Waals surface area (Å²) in [7, 11) is 0. The molecule has 90 valence electrons. The minimum Gasteiger partial charge on any atom is -0.325 e. The number of ketones is 1. The molecule has 1 aromatic carbocycles. The van der Waals surface area contributed by atoms with Gasteiger partial charge in [-0.3, -0.25) is 9.59 Å². The molecule has 1 amide bonds. The third-order valence-electron chi connectivity index (χ3n) is 3.26. The van der Waals surface area contributed by atoms with E-state index in [2.05, 4.69) is 0 Å². The molecule has 1 heterocycles. The van der Waals surface area contributed by atoms with E-state index in [9.17, 15) is 9.59 Å². The Morgan fingerprint density at radius 1 is 1.35 bits per heavy atom. The van der Waals surface area contributed by atoms with Crippen LogP contribution in [0.25, 0.3) is 0 Å². The summed E-state index contributed by atoms with van der Waals surface area (Å²) in [4.78, 5) is 24.7. The third-order valence-corrected chi connectivity index (χ3v) is 3.26. The number of amides is 1. The van der Waals surface area contributed by atoms with Gasteiger partial charge in [-0.05, 0) is 38.1 Å². The number of carbonyl (C=O) groups is 2. The quantitative estimate of drug-likeness (QED) is 0.783. The number of benzene rings is 1. The summed E-state index contributed by atoms with van der Waals surface area (Å²) in [6.45, 7) is 3.46. The maximum Gasteiger partial charge on any atom is 0.228 e. The zero-order valence-electron chi connectivity index (χ0n) is 10.0. The molecule has 4 heteroatoms. The van der Waals surface area contributed by atoms with E-state index in [4.69, 9.17) is 5.73 Å². The van der Waals surface area contributed by atoms with Gasteiger partial charge in [-0.1, -0.05) is 0 Å². The van der Waals surface area contributed by atoms with Crippen LogP contribution in [0.2, 0.25) is 0 Å². The van der Waals surface area contributed by atoms with Gasteiger partial charge in [0.2, 0.25) is 5.91 Å². The first-order valence-corrected chi connectivity index (χ1v) is 5.69. The molecule has 4 nitrogen and oxygen atoms in total. The summed E-state index contributed by atoms with van der Waals surface area (Å²) in [5, 5.41) is 0. The first kappa shape index (κ1) is 11.8. The monoisotopic (exact) mass is 232 g/mol. The number of hydrogen-bond acceptors (Lipinski definition) is 3. The molecule has 2 atom stereocenters. The number of Topliss-reactive ketones (excluding diaryl/α,β-unsaturated/α-hetero) is 1. The number of nitrogens with two attached hydrogens (primary N) is 1. The van der Waals surface area contributed by atoms with Crippen LogP contribution in [0.1, 0.15) is 30.6 Å². The van der Waals surface area contributed by atoms with Gasteiger partial charge in [-0.25, -0.2) is 0 Å². The number of rotatable bonds is 2.